The summed E-state index contributed by atoms with van der Waals surface area (Å²) in [4.78, 5) is 0. The molecule has 0 aliphatic heterocycles. The molecule has 2 unspecified atom stereocenters. The highest BCUT2D eigenvalue weighted by Gasteiger charge is 2.38. The molecular weight excluding hydrogens is 238 g/mol. The summed E-state index contributed by atoms with van der Waals surface area (Å²) >= 11 is 0. The van der Waals surface area contributed by atoms with Crippen molar-refractivity contribution >= 4 is 0 Å². The lowest BCUT2D eigenvalue weighted by atomic mass is 9.98. The second-order valence-electron chi connectivity index (χ2n) is 4.57. The van der Waals surface area contributed by atoms with Gasteiger partial charge in [0.25, 0.3) is 0 Å². The van der Waals surface area contributed by atoms with Crippen molar-refractivity contribution < 1.29 is 13.5 Å². The Morgan fingerprint density at radius 3 is 2.67 bits per heavy atom. The van der Waals surface area contributed by atoms with Crippen LogP contribution in [0.4, 0.5) is 8.78 Å². The average Bonchev–Trinajstić information content (AvgIpc) is 3.15. The van der Waals surface area contributed by atoms with Crippen LogP contribution in [0.15, 0.2) is 18.2 Å². The van der Waals surface area contributed by atoms with E-state index in [1.807, 2.05) is 6.92 Å². The Balaban J connectivity index is 2.25. The molecule has 1 aliphatic rings. The van der Waals surface area contributed by atoms with Crippen LogP contribution in [0.3, 0.4) is 0 Å². The van der Waals surface area contributed by atoms with Gasteiger partial charge in [0.2, 0.25) is 0 Å². The van der Waals surface area contributed by atoms with Crippen LogP contribution in [-0.2, 0) is 4.74 Å². The van der Waals surface area contributed by atoms with Crippen LogP contribution in [0.2, 0.25) is 0 Å². The number of nitrogens with one attached hydrogen (secondary N) is 1. The molecule has 18 heavy (non-hydrogen) atoms. The number of ether oxygens (including phenoxy) is 1. The molecule has 0 aromatic heterocycles. The molecule has 3 nitrogen and oxygen atoms in total. The Morgan fingerprint density at radius 2 is 2.17 bits per heavy atom. The van der Waals surface area contributed by atoms with E-state index in [0.29, 0.717) is 18.1 Å². The minimum absolute atomic E-state index is 0.167. The lowest BCUT2D eigenvalue weighted by Gasteiger charge is -2.27. The molecule has 1 fully saturated rings. The summed E-state index contributed by atoms with van der Waals surface area (Å²) in [6.07, 6.45) is 1.96. The van der Waals surface area contributed by atoms with Gasteiger partial charge in [-0.05, 0) is 31.7 Å². The summed E-state index contributed by atoms with van der Waals surface area (Å²) in [7, 11) is 0. The molecule has 2 atom stereocenters. The molecule has 0 spiro atoms. The standard InChI is InChI=1S/C13H18F2N2O/c1-2-18-13(8-3-4-8)12(17-16)10-6-5-9(14)7-11(10)15/h5-8,12-13,17H,2-4,16H2,1H3. The van der Waals surface area contributed by atoms with Gasteiger partial charge in [0.1, 0.15) is 11.6 Å². The van der Waals surface area contributed by atoms with Crippen molar-refractivity contribution in [1.29, 1.82) is 0 Å². The number of benzene rings is 1. The predicted octanol–water partition coefficient (Wildman–Crippen LogP) is 2.28. The van der Waals surface area contributed by atoms with Crippen molar-refractivity contribution in [3.05, 3.63) is 35.4 Å². The van der Waals surface area contributed by atoms with Gasteiger partial charge in [-0.2, -0.15) is 0 Å². The Kier molecular flexibility index (Phi) is 4.27. The topological polar surface area (TPSA) is 47.3 Å². The van der Waals surface area contributed by atoms with E-state index in [4.69, 9.17) is 10.6 Å². The van der Waals surface area contributed by atoms with E-state index >= 15 is 0 Å². The molecule has 1 aromatic carbocycles. The normalized spacial score (nSPS) is 18.7. The molecular formula is C13H18F2N2O. The maximum atomic E-state index is 13.8. The van der Waals surface area contributed by atoms with Crippen LogP contribution in [0.25, 0.3) is 0 Å². The summed E-state index contributed by atoms with van der Waals surface area (Å²) in [6, 6.07) is 3.08. The van der Waals surface area contributed by atoms with Crippen molar-refractivity contribution in [2.75, 3.05) is 6.61 Å². The smallest absolute Gasteiger partial charge is 0.131 e. The van der Waals surface area contributed by atoms with Crippen molar-refractivity contribution in [1.82, 2.24) is 5.43 Å². The predicted molar refractivity (Wildman–Crippen MR) is 64.6 cm³/mol. The first-order valence-corrected chi connectivity index (χ1v) is 6.20. The van der Waals surface area contributed by atoms with E-state index in [2.05, 4.69) is 5.43 Å². The van der Waals surface area contributed by atoms with E-state index in [1.165, 1.54) is 12.1 Å². The van der Waals surface area contributed by atoms with E-state index < -0.39 is 17.7 Å². The minimum Gasteiger partial charge on any atom is -0.376 e. The summed E-state index contributed by atoms with van der Waals surface area (Å²) < 4.78 is 32.3. The number of hydrogen-bond donors (Lipinski definition) is 2. The second-order valence-corrected chi connectivity index (χ2v) is 4.57. The fourth-order valence-corrected chi connectivity index (χ4v) is 2.24. The Labute approximate surface area is 105 Å². The zero-order chi connectivity index (χ0) is 13.1. The fraction of sp³-hybridized carbons (Fsp3) is 0.538. The molecule has 0 radical (unpaired) electrons. The molecule has 0 saturated heterocycles. The summed E-state index contributed by atoms with van der Waals surface area (Å²) in [5.74, 6) is 4.73. The zero-order valence-electron chi connectivity index (χ0n) is 10.3. The summed E-state index contributed by atoms with van der Waals surface area (Å²) in [6.45, 7) is 2.44. The third-order valence-corrected chi connectivity index (χ3v) is 3.25. The van der Waals surface area contributed by atoms with Crippen molar-refractivity contribution in [2.45, 2.75) is 31.9 Å². The molecule has 1 aromatic rings. The van der Waals surface area contributed by atoms with Crippen molar-refractivity contribution in [3.8, 4) is 0 Å². The first-order valence-electron chi connectivity index (χ1n) is 6.20. The lowest BCUT2D eigenvalue weighted by molar-refractivity contribution is 0.0176. The second kappa shape index (κ2) is 5.73. The van der Waals surface area contributed by atoms with Gasteiger partial charge < -0.3 is 4.74 Å². The molecule has 3 N–H and O–H groups in total. The first kappa shape index (κ1) is 13.4. The van der Waals surface area contributed by atoms with Crippen molar-refractivity contribution in [3.63, 3.8) is 0 Å². The first-order chi connectivity index (χ1) is 8.67. The Morgan fingerprint density at radius 1 is 1.44 bits per heavy atom. The maximum absolute atomic E-state index is 13.8. The van der Waals surface area contributed by atoms with E-state index in [0.717, 1.165) is 18.9 Å². The number of hydrogen-bond acceptors (Lipinski definition) is 3. The van der Waals surface area contributed by atoms with Gasteiger partial charge in [-0.1, -0.05) is 6.07 Å². The van der Waals surface area contributed by atoms with Gasteiger partial charge in [0.05, 0.1) is 12.1 Å². The lowest BCUT2D eigenvalue weighted by Crippen LogP contribution is -2.39. The van der Waals surface area contributed by atoms with Gasteiger partial charge in [0, 0.05) is 18.2 Å². The van der Waals surface area contributed by atoms with Crippen LogP contribution in [-0.4, -0.2) is 12.7 Å². The molecule has 1 aliphatic carbocycles. The van der Waals surface area contributed by atoms with Crippen LogP contribution in [0.5, 0.6) is 0 Å². The highest BCUT2D eigenvalue weighted by molar-refractivity contribution is 5.24. The number of hydrazine groups is 1. The quantitative estimate of drug-likeness (QED) is 0.606. The number of nitrogens with two attached hydrogens (primary N) is 1. The van der Waals surface area contributed by atoms with Crippen LogP contribution >= 0.6 is 0 Å². The van der Waals surface area contributed by atoms with Crippen LogP contribution in [0.1, 0.15) is 31.4 Å². The molecule has 0 heterocycles. The van der Waals surface area contributed by atoms with Crippen molar-refractivity contribution in [2.24, 2.45) is 11.8 Å². The number of halogens is 2. The molecule has 0 amide bonds. The average molecular weight is 256 g/mol. The third kappa shape index (κ3) is 2.85. The van der Waals surface area contributed by atoms with Crippen LogP contribution < -0.4 is 11.3 Å². The van der Waals surface area contributed by atoms with E-state index in [9.17, 15) is 8.78 Å². The fourth-order valence-electron chi connectivity index (χ4n) is 2.24. The summed E-state index contributed by atoms with van der Waals surface area (Å²) in [5, 5.41) is 0. The highest BCUT2D eigenvalue weighted by atomic mass is 19.1. The molecule has 2 rings (SSSR count). The summed E-state index contributed by atoms with van der Waals surface area (Å²) in [5.41, 5.74) is 2.95. The molecule has 100 valence electrons. The highest BCUT2D eigenvalue weighted by Crippen LogP contribution is 2.40. The maximum Gasteiger partial charge on any atom is 0.131 e. The van der Waals surface area contributed by atoms with Gasteiger partial charge >= 0.3 is 0 Å². The third-order valence-electron chi connectivity index (χ3n) is 3.25. The Hall–Kier alpha value is -1.04. The SMILES string of the molecule is CCOC(C1CC1)C(NN)c1ccc(F)cc1F. The largest absolute Gasteiger partial charge is 0.376 e. The van der Waals surface area contributed by atoms with Gasteiger partial charge in [-0.3, -0.25) is 11.3 Å². The Bertz CT molecular complexity index is 410. The monoisotopic (exact) mass is 256 g/mol. The molecule has 5 heteroatoms. The minimum atomic E-state index is -0.594. The zero-order valence-corrected chi connectivity index (χ0v) is 10.3. The number of rotatable bonds is 6. The van der Waals surface area contributed by atoms with E-state index in [-0.39, 0.29) is 6.10 Å². The van der Waals surface area contributed by atoms with Gasteiger partial charge in [-0.25, -0.2) is 8.78 Å². The van der Waals surface area contributed by atoms with Gasteiger partial charge in [-0.15, -0.1) is 0 Å². The van der Waals surface area contributed by atoms with Crippen LogP contribution in [0, 0.1) is 17.6 Å². The molecule has 1 saturated carbocycles. The van der Waals surface area contributed by atoms with Gasteiger partial charge in [0.15, 0.2) is 0 Å². The molecule has 0 bridgehead atoms. The van der Waals surface area contributed by atoms with E-state index in [1.54, 1.807) is 0 Å².